The summed E-state index contributed by atoms with van der Waals surface area (Å²) in [5.74, 6) is 0.633. The van der Waals surface area contributed by atoms with E-state index in [9.17, 15) is 4.79 Å². The zero-order valence-electron chi connectivity index (χ0n) is 12.9. The topological polar surface area (TPSA) is 50.5 Å². The molecule has 1 fully saturated rings. The summed E-state index contributed by atoms with van der Waals surface area (Å²) in [5.41, 5.74) is 1.11. The molecule has 0 bridgehead atoms. The second-order valence-corrected chi connectivity index (χ2v) is 7.84. The summed E-state index contributed by atoms with van der Waals surface area (Å²) in [6.07, 6.45) is 3.45. The number of hydrogen-bond donors (Lipinski definition) is 0. The van der Waals surface area contributed by atoms with Gasteiger partial charge in [0, 0.05) is 12.6 Å². The van der Waals surface area contributed by atoms with E-state index < -0.39 is 0 Å². The molecule has 1 atom stereocenters. The number of thioether (sulfide) groups is 1. The van der Waals surface area contributed by atoms with E-state index in [4.69, 9.17) is 0 Å². The number of likely N-dealkylation sites (tertiary alicyclic amines) is 1. The van der Waals surface area contributed by atoms with Gasteiger partial charge in [-0.25, -0.2) is 0 Å². The van der Waals surface area contributed by atoms with E-state index in [0.717, 1.165) is 35.0 Å². The van der Waals surface area contributed by atoms with E-state index in [2.05, 4.69) is 33.7 Å². The summed E-state index contributed by atoms with van der Waals surface area (Å²) in [7, 11) is 0. The number of aromatic nitrogens is 3. The van der Waals surface area contributed by atoms with E-state index in [0.29, 0.717) is 11.8 Å². The van der Waals surface area contributed by atoms with Crippen LogP contribution in [0.1, 0.15) is 26.2 Å². The minimum Gasteiger partial charge on any atom is -0.339 e. The van der Waals surface area contributed by atoms with Crippen molar-refractivity contribution in [1.29, 1.82) is 0 Å². The summed E-state index contributed by atoms with van der Waals surface area (Å²) in [6, 6.07) is 8.56. The molecule has 0 spiro atoms. The van der Waals surface area contributed by atoms with E-state index >= 15 is 0 Å². The van der Waals surface area contributed by atoms with Crippen molar-refractivity contribution in [1.82, 2.24) is 19.5 Å². The van der Waals surface area contributed by atoms with Gasteiger partial charge >= 0.3 is 0 Å². The number of rotatable bonds is 3. The van der Waals surface area contributed by atoms with Gasteiger partial charge in [0.25, 0.3) is 0 Å². The quantitative estimate of drug-likeness (QED) is 0.682. The van der Waals surface area contributed by atoms with Crippen LogP contribution in [0, 0.1) is 0 Å². The summed E-state index contributed by atoms with van der Waals surface area (Å²) in [5, 5.41) is 9.31. The number of amides is 1. The summed E-state index contributed by atoms with van der Waals surface area (Å²) >= 11 is 3.11. The molecule has 0 radical (unpaired) electrons. The highest BCUT2D eigenvalue weighted by Gasteiger charge is 2.23. The molecule has 1 amide bonds. The predicted molar refractivity (Wildman–Crippen MR) is 94.1 cm³/mol. The molecule has 3 aromatic rings. The number of hydrogen-bond acceptors (Lipinski definition) is 5. The van der Waals surface area contributed by atoms with Crippen molar-refractivity contribution in [3.63, 3.8) is 0 Å². The normalized spacial score (nSPS) is 18.8. The Bertz CT molecular complexity index is 856. The third-order valence-electron chi connectivity index (χ3n) is 4.36. The molecule has 2 aromatic heterocycles. The van der Waals surface area contributed by atoms with E-state index in [1.54, 1.807) is 11.3 Å². The average Bonchev–Trinajstić information content (AvgIpc) is 3.12. The highest BCUT2D eigenvalue weighted by atomic mass is 32.2. The molecular weight excluding hydrogens is 328 g/mol. The van der Waals surface area contributed by atoms with Crippen molar-refractivity contribution in [2.45, 2.75) is 37.4 Å². The molecule has 1 aromatic carbocycles. The Morgan fingerprint density at radius 1 is 1.35 bits per heavy atom. The zero-order chi connectivity index (χ0) is 15.8. The zero-order valence-corrected chi connectivity index (χ0v) is 14.6. The molecule has 0 N–H and O–H groups in total. The molecule has 0 saturated carbocycles. The highest BCUT2D eigenvalue weighted by molar-refractivity contribution is 7.99. The average molecular weight is 346 g/mol. The SMILES string of the molecule is C[C@H]1CCCCN1C(=O)CSc1nnc2sc3ccccc3n12. The molecule has 3 heterocycles. The second kappa shape index (κ2) is 6.13. The van der Waals surface area contributed by atoms with Crippen LogP contribution >= 0.6 is 23.1 Å². The van der Waals surface area contributed by atoms with Crippen molar-refractivity contribution in [2.75, 3.05) is 12.3 Å². The molecule has 0 aliphatic carbocycles. The van der Waals surface area contributed by atoms with Crippen LogP contribution in [0.25, 0.3) is 15.2 Å². The molecule has 0 unspecified atom stereocenters. The molecule has 1 saturated heterocycles. The number of benzene rings is 1. The molecular formula is C16H18N4OS2. The molecule has 120 valence electrons. The van der Waals surface area contributed by atoms with E-state index in [1.165, 1.54) is 22.9 Å². The van der Waals surface area contributed by atoms with Gasteiger partial charge in [-0.15, -0.1) is 10.2 Å². The van der Waals surface area contributed by atoms with E-state index in [1.807, 2.05) is 17.0 Å². The van der Waals surface area contributed by atoms with Crippen molar-refractivity contribution in [2.24, 2.45) is 0 Å². The highest BCUT2D eigenvalue weighted by Crippen LogP contribution is 2.29. The van der Waals surface area contributed by atoms with Crippen LogP contribution in [-0.2, 0) is 4.79 Å². The fraction of sp³-hybridized carbons (Fsp3) is 0.438. The lowest BCUT2D eigenvalue weighted by Crippen LogP contribution is -2.42. The van der Waals surface area contributed by atoms with E-state index in [-0.39, 0.29) is 5.91 Å². The first-order valence-electron chi connectivity index (χ1n) is 7.89. The summed E-state index contributed by atoms with van der Waals surface area (Å²) in [6.45, 7) is 3.03. The monoisotopic (exact) mass is 346 g/mol. The number of fused-ring (bicyclic) bond motifs is 3. The first-order chi connectivity index (χ1) is 11.2. The Morgan fingerprint density at radius 2 is 2.22 bits per heavy atom. The maximum absolute atomic E-state index is 12.5. The van der Waals surface area contributed by atoms with Gasteiger partial charge in [-0.05, 0) is 38.3 Å². The molecule has 4 rings (SSSR count). The van der Waals surface area contributed by atoms with Gasteiger partial charge < -0.3 is 4.90 Å². The Morgan fingerprint density at radius 3 is 3.09 bits per heavy atom. The van der Waals surface area contributed by atoms with Crippen LogP contribution in [0.2, 0.25) is 0 Å². The summed E-state index contributed by atoms with van der Waals surface area (Å²) < 4.78 is 3.24. The maximum Gasteiger partial charge on any atom is 0.233 e. The van der Waals surface area contributed by atoms with Gasteiger partial charge in [0.2, 0.25) is 10.9 Å². The Balaban J connectivity index is 1.55. The maximum atomic E-state index is 12.5. The molecule has 23 heavy (non-hydrogen) atoms. The Labute approximate surface area is 142 Å². The lowest BCUT2D eigenvalue weighted by molar-refractivity contribution is -0.131. The molecule has 1 aliphatic heterocycles. The number of nitrogens with zero attached hydrogens (tertiary/aromatic N) is 4. The van der Waals surface area contributed by atoms with Gasteiger partial charge in [-0.1, -0.05) is 35.2 Å². The van der Waals surface area contributed by atoms with Crippen molar-refractivity contribution in [3.8, 4) is 0 Å². The van der Waals surface area contributed by atoms with Crippen LogP contribution in [0.15, 0.2) is 29.4 Å². The Kier molecular flexibility index (Phi) is 3.98. The number of para-hydroxylation sites is 1. The molecule has 7 heteroatoms. The number of piperidine rings is 1. The van der Waals surface area contributed by atoms with Crippen LogP contribution in [0.5, 0.6) is 0 Å². The van der Waals surface area contributed by atoms with Gasteiger partial charge in [0.05, 0.1) is 16.0 Å². The minimum atomic E-state index is 0.207. The number of carbonyl (C=O) groups is 1. The van der Waals surface area contributed by atoms with Crippen LogP contribution in [-0.4, -0.2) is 43.7 Å². The van der Waals surface area contributed by atoms with Crippen molar-refractivity contribution >= 4 is 44.2 Å². The third-order valence-corrected chi connectivity index (χ3v) is 6.28. The summed E-state index contributed by atoms with van der Waals surface area (Å²) in [4.78, 5) is 15.4. The Hall–Kier alpha value is -1.60. The molecule has 1 aliphatic rings. The van der Waals surface area contributed by atoms with Crippen molar-refractivity contribution < 1.29 is 4.79 Å². The van der Waals surface area contributed by atoms with Gasteiger partial charge in [0.15, 0.2) is 5.16 Å². The first-order valence-corrected chi connectivity index (χ1v) is 9.69. The van der Waals surface area contributed by atoms with Crippen LogP contribution < -0.4 is 0 Å². The van der Waals surface area contributed by atoms with Gasteiger partial charge in [0.1, 0.15) is 0 Å². The second-order valence-electron chi connectivity index (χ2n) is 5.89. The van der Waals surface area contributed by atoms with Crippen LogP contribution in [0.3, 0.4) is 0 Å². The predicted octanol–water partition coefficient (Wildman–Crippen LogP) is 3.44. The largest absolute Gasteiger partial charge is 0.339 e. The fourth-order valence-electron chi connectivity index (χ4n) is 3.13. The number of carbonyl (C=O) groups excluding carboxylic acids is 1. The third kappa shape index (κ3) is 2.72. The van der Waals surface area contributed by atoms with Crippen LogP contribution in [0.4, 0.5) is 0 Å². The lowest BCUT2D eigenvalue weighted by atomic mass is 10.0. The minimum absolute atomic E-state index is 0.207. The molecule has 5 nitrogen and oxygen atoms in total. The van der Waals surface area contributed by atoms with Gasteiger partial charge in [-0.2, -0.15) is 0 Å². The van der Waals surface area contributed by atoms with Crippen molar-refractivity contribution in [3.05, 3.63) is 24.3 Å². The number of thiazole rings is 1. The smallest absolute Gasteiger partial charge is 0.233 e. The lowest BCUT2D eigenvalue weighted by Gasteiger charge is -2.33. The standard InChI is InChI=1S/C16H18N4OS2/c1-11-6-4-5-9-19(11)14(21)10-22-15-17-18-16-20(15)12-7-2-3-8-13(12)23-16/h2-3,7-8,11H,4-6,9-10H2,1H3/t11-/m0/s1. The first kappa shape index (κ1) is 15.0. The van der Waals surface area contributed by atoms with Gasteiger partial charge in [-0.3, -0.25) is 9.20 Å². The fourth-order valence-corrected chi connectivity index (χ4v) is 4.98.